The van der Waals surface area contributed by atoms with Gasteiger partial charge < -0.3 is 20.7 Å². The zero-order chi connectivity index (χ0) is 18.1. The van der Waals surface area contributed by atoms with Crippen LogP contribution in [-0.2, 0) is 19.1 Å². The predicted octanol–water partition coefficient (Wildman–Crippen LogP) is 2.05. The van der Waals surface area contributed by atoms with Crippen molar-refractivity contribution in [2.24, 2.45) is 0 Å². The predicted molar refractivity (Wildman–Crippen MR) is 95.2 cm³/mol. The maximum absolute atomic E-state index is 11.9. The number of nitrogens with one attached hydrogen (secondary N) is 3. The number of anilines is 2. The maximum atomic E-state index is 11.9. The van der Waals surface area contributed by atoms with Gasteiger partial charge in [-0.2, -0.15) is 0 Å². The summed E-state index contributed by atoms with van der Waals surface area (Å²) in [5.41, 5.74) is 1.24. The molecule has 2 rings (SSSR count). The van der Waals surface area contributed by atoms with Crippen LogP contribution in [0.2, 0.25) is 0 Å². The van der Waals surface area contributed by atoms with Crippen LogP contribution in [0.25, 0.3) is 0 Å². The Bertz CT molecular complexity index is 595. The molecule has 0 atom stereocenters. The van der Waals surface area contributed by atoms with E-state index in [9.17, 15) is 14.4 Å². The minimum Gasteiger partial charge on any atom is -0.375 e. The van der Waals surface area contributed by atoms with Gasteiger partial charge in [-0.1, -0.05) is 12.8 Å². The highest BCUT2D eigenvalue weighted by Gasteiger charge is 2.17. The third-order valence-electron chi connectivity index (χ3n) is 4.03. The second-order valence-corrected chi connectivity index (χ2v) is 6.16. The van der Waals surface area contributed by atoms with Crippen LogP contribution in [0.1, 0.15) is 38.5 Å². The number of ether oxygens (including phenoxy) is 1. The van der Waals surface area contributed by atoms with E-state index < -0.39 is 0 Å². The molecule has 0 aliphatic heterocycles. The quantitative estimate of drug-likeness (QED) is 0.670. The summed E-state index contributed by atoms with van der Waals surface area (Å²) in [4.78, 5) is 35.1. The first-order valence-electron chi connectivity index (χ1n) is 8.55. The number of rotatable bonds is 8. The lowest BCUT2D eigenvalue weighted by atomic mass is 10.2. The first-order valence-corrected chi connectivity index (χ1v) is 8.55. The topological polar surface area (TPSA) is 96.5 Å². The molecule has 7 heteroatoms. The molecule has 1 aliphatic rings. The minimum absolute atomic E-state index is 0.0125. The molecule has 3 amide bonds. The van der Waals surface area contributed by atoms with Crippen molar-refractivity contribution in [1.82, 2.24) is 5.32 Å². The third-order valence-corrected chi connectivity index (χ3v) is 4.03. The van der Waals surface area contributed by atoms with E-state index in [4.69, 9.17) is 4.74 Å². The number of carbonyl (C=O) groups is 3. The fourth-order valence-corrected chi connectivity index (χ4v) is 2.79. The molecule has 1 fully saturated rings. The second-order valence-electron chi connectivity index (χ2n) is 6.16. The van der Waals surface area contributed by atoms with Crippen LogP contribution in [0.15, 0.2) is 24.3 Å². The van der Waals surface area contributed by atoms with Gasteiger partial charge in [-0.05, 0) is 37.1 Å². The Morgan fingerprint density at radius 2 is 1.44 bits per heavy atom. The highest BCUT2D eigenvalue weighted by atomic mass is 16.5. The largest absolute Gasteiger partial charge is 0.375 e. The van der Waals surface area contributed by atoms with Crippen molar-refractivity contribution >= 4 is 29.1 Å². The van der Waals surface area contributed by atoms with E-state index in [0.717, 1.165) is 25.7 Å². The van der Waals surface area contributed by atoms with Gasteiger partial charge in [0.05, 0.1) is 0 Å². The molecule has 3 N–H and O–H groups in total. The highest BCUT2D eigenvalue weighted by molar-refractivity contribution is 5.94. The molecule has 7 nitrogen and oxygen atoms in total. The van der Waals surface area contributed by atoms with Gasteiger partial charge in [0, 0.05) is 37.4 Å². The van der Waals surface area contributed by atoms with Gasteiger partial charge in [0.15, 0.2) is 0 Å². The summed E-state index contributed by atoms with van der Waals surface area (Å²) in [5.74, 6) is -0.524. The Balaban J connectivity index is 1.70. The zero-order valence-electron chi connectivity index (χ0n) is 14.5. The van der Waals surface area contributed by atoms with Crippen LogP contribution >= 0.6 is 0 Å². The number of methoxy groups -OCH3 is 1. The molecule has 0 radical (unpaired) electrons. The summed E-state index contributed by atoms with van der Waals surface area (Å²) in [6.07, 6.45) is 4.72. The van der Waals surface area contributed by atoms with Crippen molar-refractivity contribution in [3.8, 4) is 0 Å². The first-order chi connectivity index (χ1) is 12.1. The fraction of sp³-hybridized carbons (Fsp3) is 0.500. The van der Waals surface area contributed by atoms with Crippen LogP contribution < -0.4 is 16.0 Å². The van der Waals surface area contributed by atoms with Gasteiger partial charge in [-0.25, -0.2) is 0 Å². The minimum atomic E-state index is -0.243. The van der Waals surface area contributed by atoms with Crippen molar-refractivity contribution in [3.05, 3.63) is 24.3 Å². The standard InChI is InChI=1S/C18H25N3O4/c1-25-12-18(24)21-15-8-6-14(7-9-15)20-17(23)11-10-16(22)19-13-4-2-3-5-13/h6-9,13H,2-5,10-12H2,1H3,(H,19,22)(H,20,23)(H,21,24). The average molecular weight is 347 g/mol. The highest BCUT2D eigenvalue weighted by Crippen LogP contribution is 2.18. The molecule has 1 aliphatic carbocycles. The molecule has 1 aromatic rings. The molecule has 1 saturated carbocycles. The summed E-state index contributed by atoms with van der Waals surface area (Å²) in [7, 11) is 1.45. The van der Waals surface area contributed by atoms with Gasteiger partial charge in [0.25, 0.3) is 0 Å². The normalized spacial score (nSPS) is 14.1. The van der Waals surface area contributed by atoms with Crippen molar-refractivity contribution in [3.63, 3.8) is 0 Å². The Morgan fingerprint density at radius 3 is 2.00 bits per heavy atom. The number of carbonyl (C=O) groups excluding carboxylic acids is 3. The van der Waals surface area contributed by atoms with Crippen molar-refractivity contribution < 1.29 is 19.1 Å². The lowest BCUT2D eigenvalue weighted by molar-refractivity contribution is -0.124. The number of amides is 3. The molecular weight excluding hydrogens is 322 g/mol. The van der Waals surface area contributed by atoms with Crippen LogP contribution in [0, 0.1) is 0 Å². The summed E-state index contributed by atoms with van der Waals surface area (Å²) in [5, 5.41) is 8.37. The van der Waals surface area contributed by atoms with Gasteiger partial charge in [-0.15, -0.1) is 0 Å². The lowest BCUT2D eigenvalue weighted by Crippen LogP contribution is -2.33. The molecule has 0 bridgehead atoms. The van der Waals surface area contributed by atoms with Crippen molar-refractivity contribution in [2.45, 2.75) is 44.6 Å². The first kappa shape index (κ1) is 18.9. The lowest BCUT2D eigenvalue weighted by Gasteiger charge is -2.12. The molecule has 0 heterocycles. The Hall–Kier alpha value is -2.41. The van der Waals surface area contributed by atoms with E-state index in [1.165, 1.54) is 7.11 Å². The Kier molecular flexibility index (Phi) is 7.40. The van der Waals surface area contributed by atoms with Gasteiger partial charge in [0.2, 0.25) is 17.7 Å². The summed E-state index contributed by atoms with van der Waals surface area (Å²) < 4.78 is 4.74. The van der Waals surface area contributed by atoms with Gasteiger partial charge >= 0.3 is 0 Å². The van der Waals surface area contributed by atoms with E-state index in [0.29, 0.717) is 11.4 Å². The number of benzene rings is 1. The Labute approximate surface area is 147 Å². The van der Waals surface area contributed by atoms with Crippen LogP contribution in [0.5, 0.6) is 0 Å². The van der Waals surface area contributed by atoms with E-state index in [1.807, 2.05) is 0 Å². The summed E-state index contributed by atoms with van der Waals surface area (Å²) in [6.45, 7) is -0.0125. The smallest absolute Gasteiger partial charge is 0.250 e. The molecule has 136 valence electrons. The molecule has 1 aromatic carbocycles. The second kappa shape index (κ2) is 9.78. The van der Waals surface area contributed by atoms with E-state index in [2.05, 4.69) is 16.0 Å². The number of hydrogen-bond donors (Lipinski definition) is 3. The average Bonchev–Trinajstić information content (AvgIpc) is 3.08. The SMILES string of the molecule is COCC(=O)Nc1ccc(NC(=O)CCC(=O)NC2CCCC2)cc1. The van der Waals surface area contributed by atoms with Crippen LogP contribution in [0.4, 0.5) is 11.4 Å². The summed E-state index contributed by atoms with van der Waals surface area (Å²) >= 11 is 0. The molecule has 0 aromatic heterocycles. The molecular formula is C18H25N3O4. The monoisotopic (exact) mass is 347 g/mol. The van der Waals surface area contributed by atoms with E-state index >= 15 is 0 Å². The van der Waals surface area contributed by atoms with E-state index in [1.54, 1.807) is 24.3 Å². The molecule has 0 saturated heterocycles. The fourth-order valence-electron chi connectivity index (χ4n) is 2.79. The maximum Gasteiger partial charge on any atom is 0.250 e. The van der Waals surface area contributed by atoms with Crippen LogP contribution in [-0.4, -0.2) is 37.5 Å². The van der Waals surface area contributed by atoms with Crippen molar-refractivity contribution in [2.75, 3.05) is 24.4 Å². The van der Waals surface area contributed by atoms with E-state index in [-0.39, 0.29) is 43.2 Å². The van der Waals surface area contributed by atoms with Gasteiger partial charge in [0.1, 0.15) is 6.61 Å². The third kappa shape index (κ3) is 6.93. The summed E-state index contributed by atoms with van der Waals surface area (Å²) in [6, 6.07) is 7.04. The molecule has 25 heavy (non-hydrogen) atoms. The van der Waals surface area contributed by atoms with Crippen LogP contribution in [0.3, 0.4) is 0 Å². The van der Waals surface area contributed by atoms with Gasteiger partial charge in [-0.3, -0.25) is 14.4 Å². The Morgan fingerprint density at radius 1 is 0.920 bits per heavy atom. The number of hydrogen-bond acceptors (Lipinski definition) is 4. The molecule has 0 spiro atoms. The zero-order valence-corrected chi connectivity index (χ0v) is 14.5. The molecule has 0 unspecified atom stereocenters. The van der Waals surface area contributed by atoms with Crippen molar-refractivity contribution in [1.29, 1.82) is 0 Å².